The molecule has 1 aliphatic rings. The van der Waals surface area contributed by atoms with Crippen LogP contribution in [-0.2, 0) is 32.9 Å². The molecule has 0 bridgehead atoms. The van der Waals surface area contributed by atoms with Crippen molar-refractivity contribution in [2.45, 2.75) is 69.6 Å². The van der Waals surface area contributed by atoms with Crippen molar-refractivity contribution in [2.24, 2.45) is 11.8 Å². The van der Waals surface area contributed by atoms with E-state index in [4.69, 9.17) is 4.98 Å². The summed E-state index contributed by atoms with van der Waals surface area (Å²) < 4.78 is 19.0. The van der Waals surface area contributed by atoms with Crippen LogP contribution in [0.4, 0.5) is 4.39 Å². The van der Waals surface area contributed by atoms with Crippen LogP contribution in [-0.4, -0.2) is 23.2 Å². The first-order chi connectivity index (χ1) is 22.2. The molecule has 3 aromatic carbocycles. The van der Waals surface area contributed by atoms with E-state index in [1.165, 1.54) is 36.8 Å². The Kier molecular flexibility index (Phi) is 11.9. The van der Waals surface area contributed by atoms with Gasteiger partial charge in [-0.1, -0.05) is 61.1 Å². The Balaban J connectivity index is 0.000000188. The van der Waals surface area contributed by atoms with Crippen molar-refractivity contribution in [3.8, 4) is 22.5 Å². The third-order valence-corrected chi connectivity index (χ3v) is 14.4. The van der Waals surface area contributed by atoms with Gasteiger partial charge in [0.05, 0.1) is 0 Å². The Hall–Kier alpha value is -2.70. The molecule has 0 N–H and O–H groups in total. The van der Waals surface area contributed by atoms with E-state index >= 15 is 4.39 Å². The van der Waals surface area contributed by atoms with E-state index in [1.54, 1.807) is 15.7 Å². The fourth-order valence-electron chi connectivity index (χ4n) is 6.67. The predicted octanol–water partition coefficient (Wildman–Crippen LogP) is 11.1. The van der Waals surface area contributed by atoms with E-state index in [2.05, 4.69) is 72.6 Å². The number of hydrogen-bond donors (Lipinski definition) is 0. The number of thiophene rings is 1. The Morgan fingerprint density at radius 1 is 0.915 bits per heavy atom. The normalized spacial score (nSPS) is 13.5. The zero-order chi connectivity index (χ0) is 32.3. The second kappa shape index (κ2) is 15.7. The van der Waals surface area contributed by atoms with E-state index in [9.17, 15) is 0 Å². The molecule has 3 aromatic heterocycles. The van der Waals surface area contributed by atoms with Crippen LogP contribution in [0.1, 0.15) is 50.7 Å². The maximum Gasteiger partial charge on any atom is 0.0471 e. The third-order valence-electron chi connectivity index (χ3n) is 8.90. The van der Waals surface area contributed by atoms with Gasteiger partial charge in [0.2, 0.25) is 0 Å². The van der Waals surface area contributed by atoms with Gasteiger partial charge >= 0.3 is 126 Å². The topological polar surface area (TPSA) is 25.8 Å². The van der Waals surface area contributed by atoms with Crippen LogP contribution in [0.5, 0.6) is 0 Å². The van der Waals surface area contributed by atoms with E-state index < -0.39 is 13.3 Å². The molecule has 6 heteroatoms. The Labute approximate surface area is 300 Å². The minimum absolute atomic E-state index is 0. The SMILES string of the molecule is CC(C)Cc1cc(-c2[c-]cccc2)nc[c]1[Ge]([CH3])([CH3])[CH3].Fc1c(-c2cc(CC3CCCC3)ccn2)[c-]cc2sc3ccccc3c12.[Ir]. The molecule has 0 amide bonds. The molecule has 245 valence electrons. The van der Waals surface area contributed by atoms with E-state index in [1.807, 2.05) is 60.8 Å². The maximum absolute atomic E-state index is 15.4. The number of benzene rings is 3. The summed E-state index contributed by atoms with van der Waals surface area (Å²) in [6.07, 6.45) is 11.5. The van der Waals surface area contributed by atoms with Crippen molar-refractivity contribution in [2.75, 3.05) is 0 Å². The fourth-order valence-corrected chi connectivity index (χ4v) is 11.1. The molecule has 3 heterocycles. The van der Waals surface area contributed by atoms with E-state index in [-0.39, 0.29) is 25.9 Å². The minimum atomic E-state index is -1.86. The summed E-state index contributed by atoms with van der Waals surface area (Å²) in [5, 5.41) is 1.67. The van der Waals surface area contributed by atoms with Crippen molar-refractivity contribution in [1.82, 2.24) is 9.97 Å². The van der Waals surface area contributed by atoms with Crippen molar-refractivity contribution >= 4 is 49.2 Å². The van der Waals surface area contributed by atoms with Crippen LogP contribution < -0.4 is 4.40 Å². The summed E-state index contributed by atoms with van der Waals surface area (Å²) in [6.45, 7) is 4.57. The smallest absolute Gasteiger partial charge is 0.0471 e. The summed E-state index contributed by atoms with van der Waals surface area (Å²) in [6, 6.07) is 30.8. The monoisotopic (exact) mass is 881 g/mol. The third kappa shape index (κ3) is 8.49. The molecule has 1 radical (unpaired) electrons. The van der Waals surface area contributed by atoms with Crippen LogP contribution in [0.2, 0.25) is 17.3 Å². The summed E-state index contributed by atoms with van der Waals surface area (Å²) in [4.78, 5) is 9.15. The Morgan fingerprint density at radius 3 is 2.40 bits per heavy atom. The maximum atomic E-state index is 15.4. The minimum Gasteiger partial charge on any atom is -0.305 e. The quantitative estimate of drug-likeness (QED) is 0.118. The van der Waals surface area contributed by atoms with Crippen LogP contribution in [0.3, 0.4) is 0 Å². The van der Waals surface area contributed by atoms with Crippen molar-refractivity contribution < 1.29 is 24.5 Å². The van der Waals surface area contributed by atoms with Gasteiger partial charge in [0.25, 0.3) is 0 Å². The number of fused-ring (bicyclic) bond motifs is 3. The zero-order valence-electron chi connectivity index (χ0n) is 28.0. The van der Waals surface area contributed by atoms with Gasteiger partial charge in [-0.25, -0.2) is 0 Å². The Bertz CT molecular complexity index is 1940. The summed E-state index contributed by atoms with van der Waals surface area (Å²) in [5.74, 6) is 8.56. The molecule has 0 saturated heterocycles. The average Bonchev–Trinajstić information content (AvgIpc) is 3.69. The van der Waals surface area contributed by atoms with Crippen LogP contribution in [0, 0.1) is 29.8 Å². The van der Waals surface area contributed by atoms with Crippen LogP contribution in [0.25, 0.3) is 42.7 Å². The summed E-state index contributed by atoms with van der Waals surface area (Å²) in [7, 11) is 0. The van der Waals surface area contributed by atoms with Gasteiger partial charge in [-0.05, 0) is 45.6 Å². The standard InChI is InChI=1S/C23H19FNS.C18H24GeN.Ir/c24-23-17(9-10-21-22(23)18-7-3-4-8-20(18)26-21)19-14-16(11-12-25-19)13-15-5-1-2-6-15;1-14(2)11-16-12-18(15-9-7-6-8-10-15)20-13-17(16)19(3,4)5;/h3-4,7-8,10-12,14-15H,1-2,5-6,13H2;6-9,12-14H,11H2,1-5H3;/q2*-1;. The van der Waals surface area contributed by atoms with Gasteiger partial charge in [0.15, 0.2) is 0 Å². The summed E-state index contributed by atoms with van der Waals surface area (Å²) in [5.41, 5.74) is 6.06. The van der Waals surface area contributed by atoms with Gasteiger partial charge in [0, 0.05) is 36.8 Å². The van der Waals surface area contributed by atoms with Crippen molar-refractivity contribution in [3.05, 3.63) is 114 Å². The first-order valence-corrected chi connectivity index (χ1v) is 24.8. The first-order valence-electron chi connectivity index (χ1n) is 16.6. The Morgan fingerprint density at radius 2 is 1.68 bits per heavy atom. The molecule has 0 atom stereocenters. The second-order valence-electron chi connectivity index (χ2n) is 14.1. The molecular formula is C41H43FGeIrN2S-2. The summed E-state index contributed by atoms with van der Waals surface area (Å²) >= 11 is -0.245. The van der Waals surface area contributed by atoms with Crippen LogP contribution in [0.15, 0.2) is 85.2 Å². The predicted molar refractivity (Wildman–Crippen MR) is 197 cm³/mol. The molecule has 2 nitrogen and oxygen atoms in total. The molecule has 6 aromatic rings. The van der Waals surface area contributed by atoms with Crippen LogP contribution >= 0.6 is 11.3 Å². The van der Waals surface area contributed by atoms with Crippen molar-refractivity contribution in [3.63, 3.8) is 0 Å². The molecule has 1 aliphatic carbocycles. The van der Waals surface area contributed by atoms with Gasteiger partial charge in [-0.15, -0.1) is 12.1 Å². The van der Waals surface area contributed by atoms with Gasteiger partial charge in [-0.2, -0.15) is 11.3 Å². The fraction of sp³-hybridized carbons (Fsp3) is 0.317. The van der Waals surface area contributed by atoms with E-state index in [0.29, 0.717) is 22.6 Å². The molecular weight excluding hydrogens is 836 g/mol. The molecule has 0 aliphatic heterocycles. The molecule has 47 heavy (non-hydrogen) atoms. The van der Waals surface area contributed by atoms with Gasteiger partial charge < -0.3 is 4.98 Å². The van der Waals surface area contributed by atoms with Crippen molar-refractivity contribution in [1.29, 1.82) is 0 Å². The molecule has 1 saturated carbocycles. The molecule has 7 rings (SSSR count). The average molecular weight is 880 g/mol. The molecule has 0 unspecified atom stereocenters. The van der Waals surface area contributed by atoms with Gasteiger partial charge in [0.1, 0.15) is 0 Å². The number of aromatic nitrogens is 2. The number of halogens is 1. The van der Waals surface area contributed by atoms with Gasteiger partial charge in [-0.3, -0.25) is 4.39 Å². The molecule has 1 fully saturated rings. The first kappa shape index (κ1) is 35.6. The molecule has 0 spiro atoms. The van der Waals surface area contributed by atoms with E-state index in [0.717, 1.165) is 44.8 Å². The zero-order valence-corrected chi connectivity index (χ0v) is 33.3. The number of nitrogens with zero attached hydrogens (tertiary/aromatic N) is 2. The number of pyridine rings is 2. The second-order valence-corrected chi connectivity index (χ2v) is 25.7. The largest absolute Gasteiger partial charge is 0.305 e. The number of rotatable bonds is 7. The number of hydrogen-bond acceptors (Lipinski definition) is 3.